The Labute approximate surface area is 235 Å². The summed E-state index contributed by atoms with van der Waals surface area (Å²) in [7, 11) is 0. The quantitative estimate of drug-likeness (QED) is 0.206. The summed E-state index contributed by atoms with van der Waals surface area (Å²) >= 11 is 0. The minimum Gasteiger partial charge on any atom is -0.453 e. The van der Waals surface area contributed by atoms with Crippen molar-refractivity contribution in [3.05, 3.63) is 144 Å². The summed E-state index contributed by atoms with van der Waals surface area (Å²) in [5.74, 6) is -0.428. The Balaban J connectivity index is 1.35. The first-order valence-corrected chi connectivity index (χ1v) is 13.6. The van der Waals surface area contributed by atoms with Crippen molar-refractivity contribution >= 4 is 5.97 Å². The Kier molecular flexibility index (Phi) is 10.1. The van der Waals surface area contributed by atoms with E-state index in [0.717, 1.165) is 16.7 Å². The van der Waals surface area contributed by atoms with Gasteiger partial charge in [0.05, 0.1) is 38.6 Å². The van der Waals surface area contributed by atoms with E-state index in [4.69, 9.17) is 23.7 Å². The fourth-order valence-corrected chi connectivity index (χ4v) is 4.66. The number of hydrogen-bond donors (Lipinski definition) is 0. The van der Waals surface area contributed by atoms with Crippen LogP contribution >= 0.6 is 0 Å². The molecular weight excluding hydrogens is 504 g/mol. The Bertz CT molecular complexity index is 1280. The molecule has 6 nitrogen and oxygen atoms in total. The molecule has 5 rings (SSSR count). The standard InChI is InChI=1S/C34H34O6/c35-34(29-19-11-4-12-20-29)40-31-25-37-30(24-36-21-26-13-5-1-6-14-26)32(38-22-27-15-7-2-8-16-27)33(31)39-23-28-17-9-3-10-18-28/h1-20,30-33H,21-25H2/t30-,31-,32-,33-/m1/s1. The molecule has 1 aliphatic heterocycles. The lowest BCUT2D eigenvalue weighted by atomic mass is 9.99. The Morgan fingerprint density at radius 1 is 0.625 bits per heavy atom. The van der Waals surface area contributed by atoms with Gasteiger partial charge >= 0.3 is 5.97 Å². The normalized spacial score (nSPS) is 20.6. The van der Waals surface area contributed by atoms with E-state index in [-0.39, 0.29) is 6.61 Å². The predicted molar refractivity (Wildman–Crippen MR) is 152 cm³/mol. The zero-order valence-corrected chi connectivity index (χ0v) is 22.3. The first-order chi connectivity index (χ1) is 19.8. The van der Waals surface area contributed by atoms with Gasteiger partial charge in [-0.1, -0.05) is 109 Å². The first kappa shape index (κ1) is 27.7. The second kappa shape index (κ2) is 14.5. The largest absolute Gasteiger partial charge is 0.453 e. The van der Waals surface area contributed by atoms with Crippen molar-refractivity contribution in [3.63, 3.8) is 0 Å². The van der Waals surface area contributed by atoms with Crippen molar-refractivity contribution in [1.29, 1.82) is 0 Å². The molecule has 0 spiro atoms. The maximum Gasteiger partial charge on any atom is 0.338 e. The van der Waals surface area contributed by atoms with Gasteiger partial charge in [0, 0.05) is 0 Å². The van der Waals surface area contributed by atoms with Gasteiger partial charge in [0.1, 0.15) is 18.3 Å². The third-order valence-corrected chi connectivity index (χ3v) is 6.76. The van der Waals surface area contributed by atoms with Gasteiger partial charge in [0.15, 0.2) is 6.10 Å². The van der Waals surface area contributed by atoms with Gasteiger partial charge in [0.2, 0.25) is 0 Å². The fourth-order valence-electron chi connectivity index (χ4n) is 4.66. The van der Waals surface area contributed by atoms with Crippen molar-refractivity contribution in [2.75, 3.05) is 13.2 Å². The second-order valence-electron chi connectivity index (χ2n) is 9.70. The Morgan fingerprint density at radius 3 is 1.65 bits per heavy atom. The lowest BCUT2D eigenvalue weighted by molar-refractivity contribution is -0.234. The smallest absolute Gasteiger partial charge is 0.338 e. The number of carbonyl (C=O) groups excluding carboxylic acids is 1. The Hall–Kier alpha value is -3.81. The zero-order chi connectivity index (χ0) is 27.4. The van der Waals surface area contributed by atoms with Crippen LogP contribution in [0, 0.1) is 0 Å². The SMILES string of the molecule is O=C(O[C@@H]1CO[C@H](COCc2ccccc2)[C@@H](OCc2ccccc2)[C@@H]1OCc1ccccc1)c1ccccc1. The lowest BCUT2D eigenvalue weighted by Crippen LogP contribution is -2.57. The van der Waals surface area contributed by atoms with Crippen molar-refractivity contribution in [3.8, 4) is 0 Å². The summed E-state index contributed by atoms with van der Waals surface area (Å²) in [6.07, 6.45) is -2.19. The summed E-state index contributed by atoms with van der Waals surface area (Å²) in [6, 6.07) is 38.8. The molecule has 4 aromatic carbocycles. The van der Waals surface area contributed by atoms with Crippen LogP contribution in [-0.2, 0) is 43.5 Å². The Morgan fingerprint density at radius 2 is 1.10 bits per heavy atom. The number of benzene rings is 4. The minimum atomic E-state index is -0.664. The van der Waals surface area contributed by atoms with E-state index in [1.165, 1.54) is 0 Å². The fraction of sp³-hybridized carbons (Fsp3) is 0.265. The van der Waals surface area contributed by atoms with Crippen LogP contribution in [0.25, 0.3) is 0 Å². The molecule has 0 bridgehead atoms. The molecule has 1 aliphatic rings. The van der Waals surface area contributed by atoms with E-state index >= 15 is 0 Å². The van der Waals surface area contributed by atoms with Crippen LogP contribution < -0.4 is 0 Å². The number of rotatable bonds is 12. The molecule has 1 saturated heterocycles. The highest BCUT2D eigenvalue weighted by Gasteiger charge is 2.44. The van der Waals surface area contributed by atoms with Crippen LogP contribution in [0.3, 0.4) is 0 Å². The van der Waals surface area contributed by atoms with Crippen LogP contribution in [0.4, 0.5) is 0 Å². The monoisotopic (exact) mass is 538 g/mol. The molecule has 0 aromatic heterocycles. The third-order valence-electron chi connectivity index (χ3n) is 6.76. The summed E-state index contributed by atoms with van der Waals surface area (Å²) in [5, 5.41) is 0. The summed E-state index contributed by atoms with van der Waals surface area (Å²) in [6.45, 7) is 1.62. The highest BCUT2D eigenvalue weighted by Crippen LogP contribution is 2.27. The molecule has 4 atom stereocenters. The number of carbonyl (C=O) groups is 1. The van der Waals surface area contributed by atoms with Crippen molar-refractivity contribution < 1.29 is 28.5 Å². The van der Waals surface area contributed by atoms with Crippen LogP contribution in [-0.4, -0.2) is 43.6 Å². The molecular formula is C34H34O6. The predicted octanol–water partition coefficient (Wildman–Crippen LogP) is 6.00. The highest BCUT2D eigenvalue weighted by atomic mass is 16.6. The average Bonchev–Trinajstić information content (AvgIpc) is 3.02. The van der Waals surface area contributed by atoms with E-state index < -0.39 is 30.4 Å². The molecule has 4 aromatic rings. The molecule has 0 radical (unpaired) electrons. The van der Waals surface area contributed by atoms with Crippen LogP contribution in [0.5, 0.6) is 0 Å². The van der Waals surface area contributed by atoms with E-state index in [2.05, 4.69) is 0 Å². The van der Waals surface area contributed by atoms with Crippen LogP contribution in [0.2, 0.25) is 0 Å². The zero-order valence-electron chi connectivity index (χ0n) is 22.3. The van der Waals surface area contributed by atoms with Gasteiger partial charge in [-0.05, 0) is 28.8 Å². The minimum absolute atomic E-state index is 0.169. The molecule has 0 N–H and O–H groups in total. The summed E-state index contributed by atoms with van der Waals surface area (Å²) in [5.41, 5.74) is 3.59. The highest BCUT2D eigenvalue weighted by molar-refractivity contribution is 5.89. The number of ether oxygens (including phenoxy) is 5. The molecule has 206 valence electrons. The van der Waals surface area contributed by atoms with E-state index in [9.17, 15) is 4.79 Å². The number of esters is 1. The second-order valence-corrected chi connectivity index (χ2v) is 9.70. The first-order valence-electron chi connectivity index (χ1n) is 13.6. The summed E-state index contributed by atoms with van der Waals surface area (Å²) < 4.78 is 31.2. The maximum atomic E-state index is 13.0. The van der Waals surface area contributed by atoms with Crippen LogP contribution in [0.1, 0.15) is 27.0 Å². The van der Waals surface area contributed by atoms with Crippen LogP contribution in [0.15, 0.2) is 121 Å². The van der Waals surface area contributed by atoms with Crippen molar-refractivity contribution in [2.45, 2.75) is 44.2 Å². The molecule has 6 heteroatoms. The number of hydrogen-bond acceptors (Lipinski definition) is 6. The van der Waals surface area contributed by atoms with E-state index in [1.807, 2.05) is 109 Å². The van der Waals surface area contributed by atoms with Gasteiger partial charge in [-0.3, -0.25) is 0 Å². The molecule has 40 heavy (non-hydrogen) atoms. The average molecular weight is 539 g/mol. The third kappa shape index (κ3) is 7.87. The van der Waals surface area contributed by atoms with Crippen molar-refractivity contribution in [2.24, 2.45) is 0 Å². The van der Waals surface area contributed by atoms with E-state index in [1.54, 1.807) is 12.1 Å². The molecule has 0 amide bonds. The van der Waals surface area contributed by atoms with Gasteiger partial charge < -0.3 is 23.7 Å². The molecule has 0 aliphatic carbocycles. The van der Waals surface area contributed by atoms with Gasteiger partial charge in [-0.15, -0.1) is 0 Å². The van der Waals surface area contributed by atoms with Gasteiger partial charge in [0.25, 0.3) is 0 Å². The van der Waals surface area contributed by atoms with Gasteiger partial charge in [-0.2, -0.15) is 0 Å². The lowest BCUT2D eigenvalue weighted by Gasteiger charge is -2.41. The molecule has 0 unspecified atom stereocenters. The van der Waals surface area contributed by atoms with Crippen molar-refractivity contribution in [1.82, 2.24) is 0 Å². The van der Waals surface area contributed by atoms with Gasteiger partial charge in [-0.25, -0.2) is 4.79 Å². The van der Waals surface area contributed by atoms with E-state index in [0.29, 0.717) is 32.0 Å². The topological polar surface area (TPSA) is 63.2 Å². The molecule has 1 heterocycles. The summed E-state index contributed by atoms with van der Waals surface area (Å²) in [4.78, 5) is 13.0. The molecule has 1 fully saturated rings. The maximum absolute atomic E-state index is 13.0. The molecule has 0 saturated carbocycles.